The normalized spacial score (nSPS) is 16.2. The van der Waals surface area contributed by atoms with Gasteiger partial charge in [0.2, 0.25) is 5.91 Å². The number of hydrogen-bond donors (Lipinski definition) is 2. The molecule has 1 aromatic carbocycles. The number of nitro benzene ring substituents is 1. The number of urea groups is 1. The number of likely N-dealkylation sites (tertiary alicyclic amines) is 1. The van der Waals surface area contributed by atoms with Gasteiger partial charge in [-0.2, -0.15) is 0 Å². The van der Waals surface area contributed by atoms with Crippen LogP contribution in [0.15, 0.2) is 24.3 Å². The molecule has 1 aromatic rings. The summed E-state index contributed by atoms with van der Waals surface area (Å²) in [5.41, 5.74) is 0.709. The molecule has 0 aromatic heterocycles. The summed E-state index contributed by atoms with van der Waals surface area (Å²) in [5.74, 6) is 0.355. The Kier molecular flexibility index (Phi) is 6.32. The van der Waals surface area contributed by atoms with E-state index in [-0.39, 0.29) is 23.7 Å². The molecule has 0 unspecified atom stereocenters. The highest BCUT2D eigenvalue weighted by molar-refractivity contribution is 5.75. The van der Waals surface area contributed by atoms with Gasteiger partial charge in [-0.15, -0.1) is 0 Å². The Hall–Kier alpha value is -2.64. The van der Waals surface area contributed by atoms with Crippen LogP contribution in [0.25, 0.3) is 0 Å². The van der Waals surface area contributed by atoms with Gasteiger partial charge < -0.3 is 15.5 Å². The molecule has 0 bridgehead atoms. The van der Waals surface area contributed by atoms with E-state index in [1.54, 1.807) is 24.0 Å². The molecule has 2 N–H and O–H groups in total. The predicted molar refractivity (Wildman–Crippen MR) is 93.0 cm³/mol. The number of amides is 3. The van der Waals surface area contributed by atoms with Crippen molar-refractivity contribution in [2.45, 2.75) is 32.7 Å². The van der Waals surface area contributed by atoms with E-state index in [1.807, 2.05) is 0 Å². The van der Waals surface area contributed by atoms with Crippen molar-refractivity contribution >= 4 is 17.6 Å². The molecule has 136 valence electrons. The first-order chi connectivity index (χ1) is 11.9. The third-order valence-electron chi connectivity index (χ3n) is 4.46. The second kappa shape index (κ2) is 8.46. The maximum Gasteiger partial charge on any atom is 0.317 e. The maximum absolute atomic E-state index is 12.4. The fourth-order valence-electron chi connectivity index (χ4n) is 2.90. The maximum atomic E-state index is 12.4. The average molecular weight is 348 g/mol. The van der Waals surface area contributed by atoms with Gasteiger partial charge in [-0.3, -0.25) is 14.9 Å². The largest absolute Gasteiger partial charge is 0.356 e. The van der Waals surface area contributed by atoms with E-state index in [4.69, 9.17) is 0 Å². The Morgan fingerprint density at radius 1 is 1.36 bits per heavy atom. The molecular formula is C17H24N4O4. The second-order valence-corrected chi connectivity index (χ2v) is 6.39. The van der Waals surface area contributed by atoms with Crippen molar-refractivity contribution in [3.63, 3.8) is 0 Å². The first kappa shape index (κ1) is 18.7. The lowest BCUT2D eigenvalue weighted by atomic mass is 9.97. The molecular weight excluding hydrogens is 324 g/mol. The van der Waals surface area contributed by atoms with Gasteiger partial charge in [0.05, 0.1) is 11.0 Å². The van der Waals surface area contributed by atoms with Crippen molar-refractivity contribution in [1.29, 1.82) is 0 Å². The van der Waals surface area contributed by atoms with Crippen LogP contribution in [0.4, 0.5) is 10.5 Å². The molecule has 1 atom stereocenters. The minimum Gasteiger partial charge on any atom is -0.356 e. The monoisotopic (exact) mass is 348 g/mol. The Labute approximate surface area is 146 Å². The lowest BCUT2D eigenvalue weighted by Gasteiger charge is -2.33. The summed E-state index contributed by atoms with van der Waals surface area (Å²) in [6.45, 7) is 5.22. The summed E-state index contributed by atoms with van der Waals surface area (Å²) in [7, 11) is 0. The fraction of sp³-hybridized carbons (Fsp3) is 0.529. The van der Waals surface area contributed by atoms with Gasteiger partial charge in [0, 0.05) is 38.7 Å². The standard InChI is InChI=1S/C17H24N4O4/c1-12(15-4-3-5-16(10-15)21(24)25)19-17(23)20-8-6-14(7-9-20)11-18-13(2)22/h3-5,10,12,14H,6-9,11H2,1-2H3,(H,18,22)(H,19,23)/t12-/m0/s1. The Morgan fingerprint density at radius 2 is 2.04 bits per heavy atom. The van der Waals surface area contributed by atoms with Gasteiger partial charge >= 0.3 is 6.03 Å². The van der Waals surface area contributed by atoms with Gasteiger partial charge in [-0.25, -0.2) is 4.79 Å². The zero-order chi connectivity index (χ0) is 18.4. The van der Waals surface area contributed by atoms with E-state index in [9.17, 15) is 19.7 Å². The Bertz CT molecular complexity index is 641. The van der Waals surface area contributed by atoms with Crippen molar-refractivity contribution in [1.82, 2.24) is 15.5 Å². The Balaban J connectivity index is 1.85. The zero-order valence-electron chi connectivity index (χ0n) is 14.5. The number of piperidine rings is 1. The highest BCUT2D eigenvalue weighted by Crippen LogP contribution is 2.20. The molecule has 2 rings (SSSR count). The summed E-state index contributed by atoms with van der Waals surface area (Å²) in [6.07, 6.45) is 1.69. The number of carbonyl (C=O) groups is 2. The third-order valence-corrected chi connectivity index (χ3v) is 4.46. The molecule has 1 saturated heterocycles. The van der Waals surface area contributed by atoms with Crippen molar-refractivity contribution < 1.29 is 14.5 Å². The smallest absolute Gasteiger partial charge is 0.317 e. The molecule has 3 amide bonds. The minimum absolute atomic E-state index is 0.0115. The van der Waals surface area contributed by atoms with Crippen LogP contribution >= 0.6 is 0 Å². The lowest BCUT2D eigenvalue weighted by molar-refractivity contribution is -0.384. The fourth-order valence-corrected chi connectivity index (χ4v) is 2.90. The van der Waals surface area contributed by atoms with Crippen LogP contribution < -0.4 is 10.6 Å². The van der Waals surface area contributed by atoms with Gasteiger partial charge in [0.25, 0.3) is 5.69 Å². The summed E-state index contributed by atoms with van der Waals surface area (Å²) < 4.78 is 0. The van der Waals surface area contributed by atoms with Gasteiger partial charge in [0.1, 0.15) is 0 Å². The summed E-state index contributed by atoms with van der Waals surface area (Å²) >= 11 is 0. The summed E-state index contributed by atoms with van der Waals surface area (Å²) in [4.78, 5) is 35.5. The molecule has 8 heteroatoms. The second-order valence-electron chi connectivity index (χ2n) is 6.39. The Morgan fingerprint density at radius 3 is 2.64 bits per heavy atom. The third kappa shape index (κ3) is 5.44. The molecule has 1 aliphatic rings. The topological polar surface area (TPSA) is 105 Å². The van der Waals surface area contributed by atoms with Crippen LogP contribution in [0.3, 0.4) is 0 Å². The van der Waals surface area contributed by atoms with E-state index in [1.165, 1.54) is 19.1 Å². The van der Waals surface area contributed by atoms with Crippen LogP contribution in [0.5, 0.6) is 0 Å². The molecule has 1 aliphatic heterocycles. The van der Waals surface area contributed by atoms with Crippen LogP contribution in [-0.4, -0.2) is 41.4 Å². The molecule has 1 fully saturated rings. The number of rotatable bonds is 5. The number of benzene rings is 1. The van der Waals surface area contributed by atoms with Crippen molar-refractivity contribution in [3.8, 4) is 0 Å². The van der Waals surface area contributed by atoms with Crippen LogP contribution in [-0.2, 0) is 4.79 Å². The van der Waals surface area contributed by atoms with E-state index >= 15 is 0 Å². The molecule has 25 heavy (non-hydrogen) atoms. The van der Waals surface area contributed by atoms with Crippen molar-refractivity contribution in [2.24, 2.45) is 5.92 Å². The summed E-state index contributed by atoms with van der Waals surface area (Å²) in [6, 6.07) is 5.80. The highest BCUT2D eigenvalue weighted by atomic mass is 16.6. The van der Waals surface area contributed by atoms with E-state index < -0.39 is 4.92 Å². The minimum atomic E-state index is -0.447. The van der Waals surface area contributed by atoms with Crippen LogP contribution in [0, 0.1) is 16.0 Å². The van der Waals surface area contributed by atoms with Crippen LogP contribution in [0.1, 0.15) is 38.3 Å². The first-order valence-electron chi connectivity index (χ1n) is 8.41. The van der Waals surface area contributed by atoms with E-state index in [0.717, 1.165) is 12.8 Å². The van der Waals surface area contributed by atoms with Crippen LogP contribution in [0.2, 0.25) is 0 Å². The number of non-ortho nitro benzene ring substituents is 1. The summed E-state index contributed by atoms with van der Waals surface area (Å²) in [5, 5.41) is 16.6. The van der Waals surface area contributed by atoms with E-state index in [2.05, 4.69) is 10.6 Å². The van der Waals surface area contributed by atoms with Crippen molar-refractivity contribution in [3.05, 3.63) is 39.9 Å². The molecule has 0 spiro atoms. The van der Waals surface area contributed by atoms with Gasteiger partial charge in [-0.05, 0) is 31.2 Å². The molecule has 0 aliphatic carbocycles. The highest BCUT2D eigenvalue weighted by Gasteiger charge is 2.24. The lowest BCUT2D eigenvalue weighted by Crippen LogP contribution is -2.46. The van der Waals surface area contributed by atoms with Crippen molar-refractivity contribution in [2.75, 3.05) is 19.6 Å². The van der Waals surface area contributed by atoms with Gasteiger partial charge in [-0.1, -0.05) is 12.1 Å². The molecule has 1 heterocycles. The molecule has 8 nitrogen and oxygen atoms in total. The SMILES string of the molecule is CC(=O)NCC1CCN(C(=O)N[C@@H](C)c2cccc([N+](=O)[O-])c2)CC1. The number of nitrogens with one attached hydrogen (secondary N) is 2. The average Bonchev–Trinajstić information content (AvgIpc) is 2.60. The number of carbonyl (C=O) groups excluding carboxylic acids is 2. The number of nitro groups is 1. The first-order valence-corrected chi connectivity index (χ1v) is 8.41. The number of hydrogen-bond acceptors (Lipinski definition) is 4. The predicted octanol–water partition coefficient (Wildman–Crippen LogP) is 2.21. The quantitative estimate of drug-likeness (QED) is 0.629. The molecule has 0 radical (unpaired) electrons. The number of nitrogens with zero attached hydrogens (tertiary/aromatic N) is 2. The van der Waals surface area contributed by atoms with E-state index in [0.29, 0.717) is 31.1 Å². The zero-order valence-corrected chi connectivity index (χ0v) is 14.5. The van der Waals surface area contributed by atoms with Gasteiger partial charge in [0.15, 0.2) is 0 Å². The molecule has 0 saturated carbocycles.